The molecule has 1 aliphatic rings. The standard InChI is InChI=1S/C13H15FN2O3/c1-15(9-2-5-11(17)6-3-9)13-7-4-10(16(18)19)8-12(13)14/h4,7-9H,2-3,5-6H2,1H3. The maximum atomic E-state index is 13.9. The first-order valence-electron chi connectivity index (χ1n) is 6.17. The molecule has 102 valence electrons. The van der Waals surface area contributed by atoms with Crippen molar-refractivity contribution >= 4 is 17.2 Å². The summed E-state index contributed by atoms with van der Waals surface area (Å²) in [5.74, 6) is -0.359. The average Bonchev–Trinajstić information content (AvgIpc) is 2.38. The van der Waals surface area contributed by atoms with Crippen LogP contribution in [-0.2, 0) is 4.79 Å². The molecule has 19 heavy (non-hydrogen) atoms. The molecule has 6 heteroatoms. The summed E-state index contributed by atoms with van der Waals surface area (Å²) in [7, 11) is 1.75. The summed E-state index contributed by atoms with van der Waals surface area (Å²) in [6.45, 7) is 0. The highest BCUT2D eigenvalue weighted by Crippen LogP contribution is 2.28. The van der Waals surface area contributed by atoms with Crippen LogP contribution in [0.5, 0.6) is 0 Å². The van der Waals surface area contributed by atoms with Crippen LogP contribution in [0.2, 0.25) is 0 Å². The van der Waals surface area contributed by atoms with Crippen molar-refractivity contribution in [3.63, 3.8) is 0 Å². The summed E-state index contributed by atoms with van der Waals surface area (Å²) >= 11 is 0. The largest absolute Gasteiger partial charge is 0.369 e. The van der Waals surface area contributed by atoms with Crippen LogP contribution in [0.25, 0.3) is 0 Å². The number of rotatable bonds is 3. The lowest BCUT2D eigenvalue weighted by atomic mass is 9.93. The Balaban J connectivity index is 2.17. The lowest BCUT2D eigenvalue weighted by Gasteiger charge is -2.32. The van der Waals surface area contributed by atoms with Crippen molar-refractivity contribution in [2.45, 2.75) is 31.7 Å². The molecule has 1 fully saturated rings. The van der Waals surface area contributed by atoms with Crippen molar-refractivity contribution in [2.75, 3.05) is 11.9 Å². The smallest absolute Gasteiger partial charge is 0.272 e. The maximum absolute atomic E-state index is 13.9. The van der Waals surface area contributed by atoms with Crippen LogP contribution >= 0.6 is 0 Å². The van der Waals surface area contributed by atoms with Crippen molar-refractivity contribution in [1.82, 2.24) is 0 Å². The molecule has 0 radical (unpaired) electrons. The normalized spacial score (nSPS) is 16.4. The fourth-order valence-electron chi connectivity index (χ4n) is 2.40. The highest BCUT2D eigenvalue weighted by molar-refractivity contribution is 5.79. The molecule has 0 saturated heterocycles. The van der Waals surface area contributed by atoms with Gasteiger partial charge < -0.3 is 4.90 Å². The van der Waals surface area contributed by atoms with Gasteiger partial charge in [0.2, 0.25) is 0 Å². The van der Waals surface area contributed by atoms with Crippen molar-refractivity contribution in [3.05, 3.63) is 34.1 Å². The van der Waals surface area contributed by atoms with E-state index < -0.39 is 10.7 Å². The van der Waals surface area contributed by atoms with Crippen LogP contribution in [0.1, 0.15) is 25.7 Å². The second-order valence-electron chi connectivity index (χ2n) is 4.77. The Morgan fingerprint density at radius 1 is 1.37 bits per heavy atom. The molecule has 0 heterocycles. The Morgan fingerprint density at radius 3 is 2.53 bits per heavy atom. The molecule has 1 aromatic carbocycles. The number of hydrogen-bond donors (Lipinski definition) is 0. The molecule has 0 unspecified atom stereocenters. The number of nitro benzene ring substituents is 1. The van der Waals surface area contributed by atoms with Crippen molar-refractivity contribution in [2.24, 2.45) is 0 Å². The average molecular weight is 266 g/mol. The van der Waals surface area contributed by atoms with E-state index in [1.54, 1.807) is 11.9 Å². The molecule has 1 saturated carbocycles. The van der Waals surface area contributed by atoms with Gasteiger partial charge in [0, 0.05) is 32.0 Å². The Bertz CT molecular complexity index is 509. The topological polar surface area (TPSA) is 63.4 Å². The molecule has 0 atom stereocenters. The zero-order chi connectivity index (χ0) is 14.0. The predicted octanol–water partition coefficient (Wildman–Crippen LogP) is 2.68. The summed E-state index contributed by atoms with van der Waals surface area (Å²) in [5.41, 5.74) is 0.0819. The van der Waals surface area contributed by atoms with Gasteiger partial charge in [-0.05, 0) is 18.9 Å². The van der Waals surface area contributed by atoms with Crippen LogP contribution < -0.4 is 4.90 Å². The summed E-state index contributed by atoms with van der Waals surface area (Å²) in [6.07, 6.45) is 2.44. The van der Waals surface area contributed by atoms with Crippen LogP contribution in [0.15, 0.2) is 18.2 Å². The van der Waals surface area contributed by atoms with E-state index in [-0.39, 0.29) is 17.5 Å². The molecule has 0 spiro atoms. The number of ketones is 1. The fourth-order valence-corrected chi connectivity index (χ4v) is 2.40. The Hall–Kier alpha value is -1.98. The molecule has 0 amide bonds. The first-order chi connectivity index (χ1) is 8.99. The molecule has 0 aromatic heterocycles. The summed E-state index contributed by atoms with van der Waals surface area (Å²) in [6, 6.07) is 3.75. The van der Waals surface area contributed by atoms with Gasteiger partial charge >= 0.3 is 0 Å². The van der Waals surface area contributed by atoms with Gasteiger partial charge in [-0.3, -0.25) is 14.9 Å². The quantitative estimate of drug-likeness (QED) is 0.623. The Labute approximate surface area is 110 Å². The number of carbonyl (C=O) groups excluding carboxylic acids is 1. The number of hydrogen-bond acceptors (Lipinski definition) is 4. The van der Waals surface area contributed by atoms with Crippen molar-refractivity contribution < 1.29 is 14.1 Å². The molecule has 2 rings (SSSR count). The van der Waals surface area contributed by atoms with Gasteiger partial charge in [0.1, 0.15) is 5.78 Å². The van der Waals surface area contributed by atoms with Crippen molar-refractivity contribution in [1.29, 1.82) is 0 Å². The molecule has 1 aromatic rings. The van der Waals surface area contributed by atoms with Crippen LogP contribution in [0.4, 0.5) is 15.8 Å². The lowest BCUT2D eigenvalue weighted by molar-refractivity contribution is -0.385. The van der Waals surface area contributed by atoms with E-state index in [4.69, 9.17) is 0 Å². The van der Waals surface area contributed by atoms with E-state index in [2.05, 4.69) is 0 Å². The van der Waals surface area contributed by atoms with Crippen LogP contribution in [0.3, 0.4) is 0 Å². The van der Waals surface area contributed by atoms with E-state index in [9.17, 15) is 19.3 Å². The zero-order valence-electron chi connectivity index (χ0n) is 10.6. The van der Waals surface area contributed by atoms with Crippen LogP contribution in [-0.4, -0.2) is 23.8 Å². The van der Waals surface area contributed by atoms with E-state index >= 15 is 0 Å². The van der Waals surface area contributed by atoms with Gasteiger partial charge in [0.25, 0.3) is 5.69 Å². The predicted molar refractivity (Wildman–Crippen MR) is 68.7 cm³/mol. The third kappa shape index (κ3) is 2.89. The van der Waals surface area contributed by atoms with Gasteiger partial charge in [0.15, 0.2) is 5.82 Å². The van der Waals surface area contributed by atoms with E-state index in [1.165, 1.54) is 12.1 Å². The molecular weight excluding hydrogens is 251 g/mol. The van der Waals surface area contributed by atoms with Gasteiger partial charge in [-0.15, -0.1) is 0 Å². The lowest BCUT2D eigenvalue weighted by Crippen LogP contribution is -2.35. The number of anilines is 1. The third-order valence-electron chi connectivity index (χ3n) is 3.58. The van der Waals surface area contributed by atoms with Crippen LogP contribution in [0, 0.1) is 15.9 Å². The zero-order valence-corrected chi connectivity index (χ0v) is 10.6. The van der Waals surface area contributed by atoms with E-state index in [0.717, 1.165) is 6.07 Å². The molecule has 0 aliphatic heterocycles. The molecule has 5 nitrogen and oxygen atoms in total. The van der Waals surface area contributed by atoms with Crippen molar-refractivity contribution in [3.8, 4) is 0 Å². The summed E-state index contributed by atoms with van der Waals surface area (Å²) in [5, 5.41) is 10.6. The maximum Gasteiger partial charge on any atom is 0.272 e. The highest BCUT2D eigenvalue weighted by atomic mass is 19.1. The van der Waals surface area contributed by atoms with Gasteiger partial charge in [-0.1, -0.05) is 0 Å². The minimum Gasteiger partial charge on any atom is -0.369 e. The van der Waals surface area contributed by atoms with E-state index in [0.29, 0.717) is 31.4 Å². The van der Waals surface area contributed by atoms with Gasteiger partial charge in [-0.2, -0.15) is 0 Å². The number of nitrogens with zero attached hydrogens (tertiary/aromatic N) is 2. The summed E-state index contributed by atoms with van der Waals surface area (Å²) < 4.78 is 13.9. The second kappa shape index (κ2) is 5.34. The molecule has 0 N–H and O–H groups in total. The molecular formula is C13H15FN2O3. The summed E-state index contributed by atoms with van der Waals surface area (Å²) in [4.78, 5) is 22.9. The first kappa shape index (κ1) is 13.5. The molecule has 1 aliphatic carbocycles. The SMILES string of the molecule is CN(c1ccc([N+](=O)[O-])cc1F)C1CCC(=O)CC1. The third-order valence-corrected chi connectivity index (χ3v) is 3.58. The monoisotopic (exact) mass is 266 g/mol. The van der Waals surface area contributed by atoms with E-state index in [1.807, 2.05) is 0 Å². The number of nitro groups is 1. The number of halogens is 1. The Kier molecular flexibility index (Phi) is 3.78. The number of benzene rings is 1. The number of Topliss-reactive ketones (excluding diaryl/α,β-unsaturated/α-hetero) is 1. The van der Waals surface area contributed by atoms with Gasteiger partial charge in [-0.25, -0.2) is 4.39 Å². The number of non-ortho nitro benzene ring substituents is 1. The highest BCUT2D eigenvalue weighted by Gasteiger charge is 2.24. The van der Waals surface area contributed by atoms with Gasteiger partial charge in [0.05, 0.1) is 16.7 Å². The number of carbonyl (C=O) groups is 1. The fraction of sp³-hybridized carbons (Fsp3) is 0.462. The Morgan fingerprint density at radius 2 is 2.00 bits per heavy atom. The molecule has 0 bridgehead atoms. The minimum atomic E-state index is -0.619. The second-order valence-corrected chi connectivity index (χ2v) is 4.77. The first-order valence-corrected chi connectivity index (χ1v) is 6.17. The minimum absolute atomic E-state index is 0.105.